The van der Waals surface area contributed by atoms with Gasteiger partial charge in [-0.25, -0.2) is 0 Å². The molecule has 1 heterocycles. The quantitative estimate of drug-likeness (QED) is 0.367. The van der Waals surface area contributed by atoms with Crippen molar-refractivity contribution in [2.75, 3.05) is 13.2 Å². The van der Waals surface area contributed by atoms with Crippen molar-refractivity contribution >= 4 is 41.2 Å². The van der Waals surface area contributed by atoms with Crippen molar-refractivity contribution in [3.63, 3.8) is 0 Å². The van der Waals surface area contributed by atoms with Crippen molar-refractivity contribution in [2.45, 2.75) is 18.8 Å². The van der Waals surface area contributed by atoms with Crippen LogP contribution in [0.2, 0.25) is 10.0 Å². The van der Waals surface area contributed by atoms with Crippen LogP contribution in [0, 0.1) is 0 Å². The molecule has 1 amide bonds. The zero-order valence-electron chi connectivity index (χ0n) is 18.7. The number of carbonyl (C=O) groups excluding carboxylic acids is 1. The average Bonchev–Trinajstić information content (AvgIpc) is 2.84. The van der Waals surface area contributed by atoms with E-state index >= 15 is 0 Å². The van der Waals surface area contributed by atoms with E-state index in [2.05, 4.69) is 11.9 Å². The van der Waals surface area contributed by atoms with Gasteiger partial charge in [-0.2, -0.15) is 0 Å². The van der Waals surface area contributed by atoms with Gasteiger partial charge >= 0.3 is 5.97 Å². The van der Waals surface area contributed by atoms with Gasteiger partial charge in [0.2, 0.25) is 0 Å². The lowest BCUT2D eigenvalue weighted by Crippen LogP contribution is -2.25. The van der Waals surface area contributed by atoms with E-state index in [0.717, 1.165) is 11.1 Å². The SMILES string of the molecule is C=Cc1c(Cl)cccc1CCNC(=O)c1ccc(Oc2cc3c(cc2Cl)C(C(=O)O)CCO3)cc1. The number of hydrogen-bond donors (Lipinski definition) is 2. The highest BCUT2D eigenvalue weighted by Gasteiger charge is 2.29. The van der Waals surface area contributed by atoms with Gasteiger partial charge < -0.3 is 19.9 Å². The molecule has 0 fully saturated rings. The smallest absolute Gasteiger partial charge is 0.311 e. The monoisotopic (exact) mass is 511 g/mol. The maximum atomic E-state index is 12.5. The fraction of sp³-hybridized carbons (Fsp3) is 0.185. The lowest BCUT2D eigenvalue weighted by molar-refractivity contribution is -0.139. The minimum absolute atomic E-state index is 0.210. The van der Waals surface area contributed by atoms with Gasteiger partial charge in [-0.05, 0) is 60.4 Å². The Hall–Kier alpha value is -3.48. The zero-order chi connectivity index (χ0) is 24.9. The van der Waals surface area contributed by atoms with Crippen LogP contribution in [0.5, 0.6) is 17.2 Å². The molecular formula is C27H23Cl2NO5. The van der Waals surface area contributed by atoms with E-state index in [1.165, 1.54) is 0 Å². The number of rotatable bonds is 8. The first-order valence-electron chi connectivity index (χ1n) is 11.0. The molecule has 8 heteroatoms. The number of halogens is 2. The summed E-state index contributed by atoms with van der Waals surface area (Å²) in [5, 5.41) is 13.2. The summed E-state index contributed by atoms with van der Waals surface area (Å²) in [5.74, 6) is -0.527. The second kappa shape index (κ2) is 10.8. The standard InChI is InChI=1S/C27H23Cl2NO5/c1-2-19-16(4-3-5-22(19)28)10-12-30-26(31)17-6-8-18(9-7-17)35-25-15-24-21(14-23(25)29)20(27(32)33)11-13-34-24/h2-9,14-15,20H,1,10-13H2,(H,30,31)(H,32,33). The molecule has 0 bridgehead atoms. The molecule has 35 heavy (non-hydrogen) atoms. The average molecular weight is 512 g/mol. The van der Waals surface area contributed by atoms with Crippen LogP contribution >= 0.6 is 23.2 Å². The summed E-state index contributed by atoms with van der Waals surface area (Å²) < 4.78 is 11.5. The molecule has 0 spiro atoms. The normalized spacial score (nSPS) is 14.4. The number of benzene rings is 3. The topological polar surface area (TPSA) is 84.9 Å². The van der Waals surface area contributed by atoms with Crippen molar-refractivity contribution in [3.8, 4) is 17.2 Å². The number of hydrogen-bond acceptors (Lipinski definition) is 4. The van der Waals surface area contributed by atoms with Crippen molar-refractivity contribution < 1.29 is 24.2 Å². The second-order valence-corrected chi connectivity index (χ2v) is 8.81. The number of fused-ring (bicyclic) bond motifs is 1. The molecule has 4 rings (SSSR count). The van der Waals surface area contributed by atoms with E-state index in [9.17, 15) is 14.7 Å². The molecular weight excluding hydrogens is 489 g/mol. The van der Waals surface area contributed by atoms with Gasteiger partial charge in [0.1, 0.15) is 17.2 Å². The summed E-state index contributed by atoms with van der Waals surface area (Å²) in [6.07, 6.45) is 2.72. The van der Waals surface area contributed by atoms with Crippen LogP contribution in [0.25, 0.3) is 6.08 Å². The van der Waals surface area contributed by atoms with E-state index in [4.69, 9.17) is 32.7 Å². The van der Waals surface area contributed by atoms with Crippen molar-refractivity contribution in [1.29, 1.82) is 0 Å². The molecule has 0 aliphatic carbocycles. The number of nitrogens with one attached hydrogen (secondary N) is 1. The summed E-state index contributed by atoms with van der Waals surface area (Å²) in [7, 11) is 0. The van der Waals surface area contributed by atoms with Gasteiger partial charge in [0.05, 0.1) is 17.5 Å². The molecule has 0 aromatic heterocycles. The molecule has 0 saturated heterocycles. The molecule has 2 N–H and O–H groups in total. The predicted octanol–water partition coefficient (Wildman–Crippen LogP) is 6.35. The summed E-state index contributed by atoms with van der Waals surface area (Å²) in [6.45, 7) is 4.55. The van der Waals surface area contributed by atoms with Gasteiger partial charge in [-0.1, -0.05) is 48.0 Å². The third-order valence-electron chi connectivity index (χ3n) is 5.77. The van der Waals surface area contributed by atoms with Crippen LogP contribution in [0.4, 0.5) is 0 Å². The first-order chi connectivity index (χ1) is 16.9. The third-order valence-corrected chi connectivity index (χ3v) is 6.40. The maximum Gasteiger partial charge on any atom is 0.311 e. The first-order valence-corrected chi connectivity index (χ1v) is 11.8. The lowest BCUT2D eigenvalue weighted by atomic mass is 9.93. The Labute approximate surface area is 213 Å². The van der Waals surface area contributed by atoms with E-state index in [1.807, 2.05) is 12.1 Å². The van der Waals surface area contributed by atoms with Crippen molar-refractivity contribution in [3.05, 3.63) is 93.5 Å². The molecule has 6 nitrogen and oxygen atoms in total. The number of ether oxygens (including phenoxy) is 2. The second-order valence-electron chi connectivity index (χ2n) is 8.00. The Morgan fingerprint density at radius 2 is 1.91 bits per heavy atom. The van der Waals surface area contributed by atoms with E-state index < -0.39 is 11.9 Å². The fourth-order valence-corrected chi connectivity index (χ4v) is 4.45. The largest absolute Gasteiger partial charge is 0.493 e. The van der Waals surface area contributed by atoms with Gasteiger partial charge in [-0.15, -0.1) is 0 Å². The highest BCUT2D eigenvalue weighted by atomic mass is 35.5. The number of amides is 1. The third kappa shape index (κ3) is 5.61. The molecule has 0 radical (unpaired) electrons. The molecule has 3 aromatic carbocycles. The highest BCUT2D eigenvalue weighted by molar-refractivity contribution is 6.32. The molecule has 0 saturated carbocycles. The van der Waals surface area contributed by atoms with Gasteiger partial charge in [0.15, 0.2) is 0 Å². The van der Waals surface area contributed by atoms with E-state index in [-0.39, 0.29) is 10.9 Å². The zero-order valence-corrected chi connectivity index (χ0v) is 20.2. The highest BCUT2D eigenvalue weighted by Crippen LogP contribution is 2.41. The van der Waals surface area contributed by atoms with Crippen LogP contribution in [-0.4, -0.2) is 30.1 Å². The fourth-order valence-electron chi connectivity index (χ4n) is 3.97. The Balaban J connectivity index is 1.39. The molecule has 1 atom stereocenters. The minimum Gasteiger partial charge on any atom is -0.493 e. The van der Waals surface area contributed by atoms with Crippen LogP contribution in [-0.2, 0) is 11.2 Å². The van der Waals surface area contributed by atoms with Gasteiger partial charge in [0, 0.05) is 28.8 Å². The summed E-state index contributed by atoms with van der Waals surface area (Å²) >= 11 is 12.5. The van der Waals surface area contributed by atoms with Crippen LogP contribution in [0.15, 0.2) is 61.2 Å². The summed E-state index contributed by atoms with van der Waals surface area (Å²) in [6, 6.07) is 15.4. The number of carbonyl (C=O) groups is 2. The van der Waals surface area contributed by atoms with Crippen LogP contribution in [0.3, 0.4) is 0 Å². The molecule has 1 unspecified atom stereocenters. The van der Waals surface area contributed by atoms with Crippen molar-refractivity contribution in [1.82, 2.24) is 5.32 Å². The van der Waals surface area contributed by atoms with E-state index in [0.29, 0.717) is 59.4 Å². The Morgan fingerprint density at radius 3 is 2.63 bits per heavy atom. The number of carboxylic acid groups (broad SMARTS) is 1. The lowest BCUT2D eigenvalue weighted by Gasteiger charge is -2.24. The van der Waals surface area contributed by atoms with Gasteiger partial charge in [0.25, 0.3) is 5.91 Å². The van der Waals surface area contributed by atoms with E-state index in [1.54, 1.807) is 48.5 Å². The molecule has 3 aromatic rings. The number of carboxylic acids is 1. The molecule has 180 valence electrons. The molecule has 1 aliphatic heterocycles. The van der Waals surface area contributed by atoms with Crippen LogP contribution in [0.1, 0.15) is 39.4 Å². The maximum absolute atomic E-state index is 12.5. The van der Waals surface area contributed by atoms with Gasteiger partial charge in [-0.3, -0.25) is 9.59 Å². The number of aliphatic carboxylic acids is 1. The summed E-state index contributed by atoms with van der Waals surface area (Å²) in [5.41, 5.74) is 2.90. The molecule has 1 aliphatic rings. The van der Waals surface area contributed by atoms with Crippen LogP contribution < -0.4 is 14.8 Å². The Bertz CT molecular complexity index is 1270. The Kier molecular flexibility index (Phi) is 7.63. The summed E-state index contributed by atoms with van der Waals surface area (Å²) in [4.78, 5) is 24.0. The predicted molar refractivity (Wildman–Crippen MR) is 136 cm³/mol. The first kappa shape index (κ1) is 24.6. The minimum atomic E-state index is -0.915. The Morgan fingerprint density at radius 1 is 1.14 bits per heavy atom. The van der Waals surface area contributed by atoms with Crippen molar-refractivity contribution in [2.24, 2.45) is 0 Å².